The third-order valence-corrected chi connectivity index (χ3v) is 3.81. The van der Waals surface area contributed by atoms with Gasteiger partial charge in [-0.1, -0.05) is 25.1 Å². The predicted octanol–water partition coefficient (Wildman–Crippen LogP) is 2.96. The largest absolute Gasteiger partial charge is 0.507 e. The van der Waals surface area contributed by atoms with Gasteiger partial charge in [-0.2, -0.15) is 0 Å². The van der Waals surface area contributed by atoms with Crippen LogP contribution in [0, 0.1) is 5.92 Å². The zero-order valence-electron chi connectivity index (χ0n) is 13.3. The van der Waals surface area contributed by atoms with E-state index < -0.39 is 12.0 Å². The molecule has 0 heterocycles. The number of ether oxygens (including phenoxy) is 2. The van der Waals surface area contributed by atoms with Gasteiger partial charge in [-0.3, -0.25) is 4.79 Å². The van der Waals surface area contributed by atoms with E-state index in [4.69, 9.17) is 9.47 Å². The monoisotopic (exact) mass is 316 g/mol. The second-order valence-corrected chi connectivity index (χ2v) is 5.23. The van der Waals surface area contributed by atoms with Gasteiger partial charge in [-0.15, -0.1) is 0 Å². The van der Waals surface area contributed by atoms with Crippen LogP contribution in [0.3, 0.4) is 0 Å². The Morgan fingerprint density at radius 3 is 2.30 bits per heavy atom. The Balaban J connectivity index is 2.27. The molecular formula is C18H20O5. The molecule has 0 bridgehead atoms. The second-order valence-electron chi connectivity index (χ2n) is 5.23. The van der Waals surface area contributed by atoms with Crippen LogP contribution >= 0.6 is 0 Å². The number of hydrogen-bond donors (Lipinski definition) is 2. The molecule has 0 saturated carbocycles. The fraction of sp³-hybridized carbons (Fsp3) is 0.278. The number of ketones is 1. The summed E-state index contributed by atoms with van der Waals surface area (Å²) in [6, 6.07) is 11.3. The van der Waals surface area contributed by atoms with Crippen LogP contribution in [0.2, 0.25) is 0 Å². The molecule has 5 heteroatoms. The first-order valence-electron chi connectivity index (χ1n) is 7.21. The van der Waals surface area contributed by atoms with E-state index in [-0.39, 0.29) is 17.1 Å². The Kier molecular flexibility index (Phi) is 5.24. The number of phenols is 1. The zero-order chi connectivity index (χ0) is 17.0. The first-order valence-corrected chi connectivity index (χ1v) is 7.21. The Labute approximate surface area is 135 Å². The highest BCUT2D eigenvalue weighted by molar-refractivity contribution is 6.00. The fourth-order valence-electron chi connectivity index (χ4n) is 2.40. The van der Waals surface area contributed by atoms with E-state index in [0.29, 0.717) is 17.1 Å². The summed E-state index contributed by atoms with van der Waals surface area (Å²) in [6.45, 7) is 1.62. The van der Waals surface area contributed by atoms with Gasteiger partial charge in [0, 0.05) is 5.92 Å². The van der Waals surface area contributed by atoms with E-state index in [1.807, 2.05) is 0 Å². The van der Waals surface area contributed by atoms with Crippen molar-refractivity contribution in [3.63, 3.8) is 0 Å². The molecule has 0 aliphatic carbocycles. The molecule has 2 aromatic rings. The van der Waals surface area contributed by atoms with Gasteiger partial charge in [0.1, 0.15) is 5.75 Å². The first kappa shape index (κ1) is 16.8. The molecule has 0 fully saturated rings. The Morgan fingerprint density at radius 2 is 1.70 bits per heavy atom. The van der Waals surface area contributed by atoms with Crippen LogP contribution in [0.4, 0.5) is 0 Å². The maximum atomic E-state index is 12.5. The van der Waals surface area contributed by atoms with Gasteiger partial charge in [0.05, 0.1) is 25.9 Å². The lowest BCUT2D eigenvalue weighted by Gasteiger charge is -2.20. The van der Waals surface area contributed by atoms with Crippen LogP contribution in [0.1, 0.15) is 28.9 Å². The molecule has 2 aromatic carbocycles. The second kappa shape index (κ2) is 7.15. The van der Waals surface area contributed by atoms with Crippen molar-refractivity contribution in [3.05, 3.63) is 53.6 Å². The summed E-state index contributed by atoms with van der Waals surface area (Å²) in [7, 11) is 3.03. The summed E-state index contributed by atoms with van der Waals surface area (Å²) in [4.78, 5) is 12.5. The number of aliphatic hydroxyl groups excluding tert-OH is 1. The summed E-state index contributed by atoms with van der Waals surface area (Å²) in [5.41, 5.74) is 0.735. The molecule has 2 N–H and O–H groups in total. The number of benzene rings is 2. The van der Waals surface area contributed by atoms with Crippen LogP contribution in [-0.4, -0.2) is 30.2 Å². The fourth-order valence-corrected chi connectivity index (χ4v) is 2.40. The molecule has 5 nitrogen and oxygen atoms in total. The maximum absolute atomic E-state index is 12.5. The number of aromatic hydroxyl groups is 1. The molecule has 0 radical (unpaired) electrons. The quantitative estimate of drug-likeness (QED) is 0.801. The van der Waals surface area contributed by atoms with Gasteiger partial charge in [-0.05, 0) is 29.8 Å². The summed E-state index contributed by atoms with van der Waals surface area (Å²) in [5, 5.41) is 20.3. The third kappa shape index (κ3) is 3.46. The van der Waals surface area contributed by atoms with Crippen molar-refractivity contribution in [2.75, 3.05) is 14.2 Å². The number of methoxy groups -OCH3 is 2. The minimum Gasteiger partial charge on any atom is -0.507 e. The van der Waals surface area contributed by atoms with Crippen molar-refractivity contribution in [1.82, 2.24) is 0 Å². The van der Waals surface area contributed by atoms with E-state index in [2.05, 4.69) is 0 Å². The van der Waals surface area contributed by atoms with Crippen LogP contribution in [0.5, 0.6) is 17.2 Å². The van der Waals surface area contributed by atoms with Crippen LogP contribution in [0.25, 0.3) is 0 Å². The normalized spacial score (nSPS) is 13.2. The molecule has 2 atom stereocenters. The van der Waals surface area contributed by atoms with Crippen LogP contribution in [0.15, 0.2) is 42.5 Å². The SMILES string of the molecule is COc1ccc([C@H](O)[C@@H](C)C(=O)c2ccccc2O)cc1OC. The lowest BCUT2D eigenvalue weighted by Crippen LogP contribution is -2.19. The van der Waals surface area contributed by atoms with Crippen molar-refractivity contribution in [3.8, 4) is 17.2 Å². The number of aliphatic hydroxyl groups is 1. The molecule has 0 aliphatic heterocycles. The van der Waals surface area contributed by atoms with E-state index in [9.17, 15) is 15.0 Å². The highest BCUT2D eigenvalue weighted by Gasteiger charge is 2.26. The highest BCUT2D eigenvalue weighted by Crippen LogP contribution is 2.34. The molecule has 122 valence electrons. The van der Waals surface area contributed by atoms with E-state index in [1.165, 1.54) is 26.4 Å². The topological polar surface area (TPSA) is 76.0 Å². The van der Waals surface area contributed by atoms with Crippen molar-refractivity contribution in [1.29, 1.82) is 0 Å². The molecule has 0 saturated heterocycles. The van der Waals surface area contributed by atoms with Crippen LogP contribution in [-0.2, 0) is 0 Å². The van der Waals surface area contributed by atoms with Gasteiger partial charge in [-0.25, -0.2) is 0 Å². The number of phenolic OH excluding ortho intramolecular Hbond substituents is 1. The van der Waals surface area contributed by atoms with Crippen molar-refractivity contribution in [2.45, 2.75) is 13.0 Å². The Bertz CT molecular complexity index is 696. The summed E-state index contributed by atoms with van der Waals surface area (Å²) < 4.78 is 10.4. The number of rotatable bonds is 6. The number of para-hydroxylation sites is 1. The van der Waals surface area contributed by atoms with Crippen molar-refractivity contribution in [2.24, 2.45) is 5.92 Å². The van der Waals surface area contributed by atoms with Gasteiger partial charge < -0.3 is 19.7 Å². The molecule has 23 heavy (non-hydrogen) atoms. The smallest absolute Gasteiger partial charge is 0.172 e. The molecular weight excluding hydrogens is 296 g/mol. The Morgan fingerprint density at radius 1 is 1.04 bits per heavy atom. The predicted molar refractivity (Wildman–Crippen MR) is 86.1 cm³/mol. The lowest BCUT2D eigenvalue weighted by atomic mass is 9.89. The number of hydrogen-bond acceptors (Lipinski definition) is 5. The minimum absolute atomic E-state index is 0.0936. The molecule has 0 amide bonds. The van der Waals surface area contributed by atoms with Gasteiger partial charge >= 0.3 is 0 Å². The number of carbonyl (C=O) groups is 1. The number of carbonyl (C=O) groups excluding carboxylic acids is 1. The van der Waals surface area contributed by atoms with Gasteiger partial charge in [0.2, 0.25) is 0 Å². The minimum atomic E-state index is -1.03. The standard InChI is InChI=1S/C18H20O5/c1-11(18(21)13-6-4-5-7-14(13)19)17(20)12-8-9-15(22-2)16(10-12)23-3/h4-11,17,19-20H,1-3H3/t11-,17-/m1/s1. The average molecular weight is 316 g/mol. The van der Waals surface area contributed by atoms with Gasteiger partial charge in [0.25, 0.3) is 0 Å². The van der Waals surface area contributed by atoms with Crippen LogP contribution < -0.4 is 9.47 Å². The van der Waals surface area contributed by atoms with E-state index in [0.717, 1.165) is 0 Å². The number of Topliss-reactive ketones (excluding diaryl/α,β-unsaturated/α-hetero) is 1. The summed E-state index contributed by atoms with van der Waals surface area (Å²) in [5.74, 6) is -0.120. The lowest BCUT2D eigenvalue weighted by molar-refractivity contribution is 0.0710. The summed E-state index contributed by atoms with van der Waals surface area (Å²) in [6.07, 6.45) is -1.03. The van der Waals surface area contributed by atoms with E-state index in [1.54, 1.807) is 37.3 Å². The molecule has 0 spiro atoms. The first-order chi connectivity index (χ1) is 11.0. The summed E-state index contributed by atoms with van der Waals surface area (Å²) >= 11 is 0. The molecule has 0 aliphatic rings. The molecule has 0 aromatic heterocycles. The van der Waals surface area contributed by atoms with E-state index >= 15 is 0 Å². The Hall–Kier alpha value is -2.53. The average Bonchev–Trinajstić information content (AvgIpc) is 2.59. The maximum Gasteiger partial charge on any atom is 0.172 e. The molecule has 0 unspecified atom stereocenters. The van der Waals surface area contributed by atoms with Gasteiger partial charge in [0.15, 0.2) is 17.3 Å². The van der Waals surface area contributed by atoms with Crippen molar-refractivity contribution >= 4 is 5.78 Å². The highest BCUT2D eigenvalue weighted by atomic mass is 16.5. The van der Waals surface area contributed by atoms with Crippen molar-refractivity contribution < 1.29 is 24.5 Å². The zero-order valence-corrected chi connectivity index (χ0v) is 13.3. The third-order valence-electron chi connectivity index (χ3n) is 3.81. The molecule has 2 rings (SSSR count).